The number of thiophene rings is 1. The molecule has 2 aromatic rings. The van der Waals surface area contributed by atoms with Crippen molar-refractivity contribution in [2.24, 2.45) is 0 Å². The molecule has 1 aromatic heterocycles. The Morgan fingerprint density at radius 3 is 2.68 bits per heavy atom. The van der Waals surface area contributed by atoms with E-state index in [2.05, 4.69) is 5.32 Å². The van der Waals surface area contributed by atoms with E-state index >= 15 is 0 Å². The van der Waals surface area contributed by atoms with E-state index < -0.39 is 10.8 Å². The standard InChI is InChI=1S/C12H10N2O4S/c1-7-5-6-10(19-7)12(16)13-11-8(14(17)18)3-2-4-9(11)15/h2-6,15H,1H3,(H,13,16). The summed E-state index contributed by atoms with van der Waals surface area (Å²) in [4.78, 5) is 23.5. The number of aromatic hydroxyl groups is 1. The molecule has 0 aliphatic heterocycles. The highest BCUT2D eigenvalue weighted by Gasteiger charge is 2.20. The SMILES string of the molecule is Cc1ccc(C(=O)Nc2c(O)cccc2[N+](=O)[O-])s1. The Labute approximate surface area is 112 Å². The number of nitro groups is 1. The number of hydrogen-bond donors (Lipinski definition) is 2. The van der Waals surface area contributed by atoms with Gasteiger partial charge in [0.05, 0.1) is 9.80 Å². The fourth-order valence-electron chi connectivity index (χ4n) is 1.54. The fraction of sp³-hybridized carbons (Fsp3) is 0.0833. The van der Waals surface area contributed by atoms with Gasteiger partial charge in [0, 0.05) is 10.9 Å². The molecule has 0 bridgehead atoms. The minimum atomic E-state index is -0.658. The van der Waals surface area contributed by atoms with Crippen LogP contribution in [0.2, 0.25) is 0 Å². The maximum Gasteiger partial charge on any atom is 0.296 e. The number of carbonyl (C=O) groups excluding carboxylic acids is 1. The number of phenols is 1. The summed E-state index contributed by atoms with van der Waals surface area (Å²) in [7, 11) is 0. The summed E-state index contributed by atoms with van der Waals surface area (Å²) < 4.78 is 0. The Kier molecular flexibility index (Phi) is 3.48. The fourth-order valence-corrected chi connectivity index (χ4v) is 2.30. The smallest absolute Gasteiger partial charge is 0.296 e. The zero-order valence-corrected chi connectivity index (χ0v) is 10.7. The minimum absolute atomic E-state index is 0.191. The first-order chi connectivity index (χ1) is 8.99. The molecular weight excluding hydrogens is 268 g/mol. The highest BCUT2D eigenvalue weighted by Crippen LogP contribution is 2.33. The molecule has 0 radical (unpaired) electrons. The van der Waals surface area contributed by atoms with E-state index in [1.54, 1.807) is 12.1 Å². The largest absolute Gasteiger partial charge is 0.505 e. The Balaban J connectivity index is 2.33. The van der Waals surface area contributed by atoms with Gasteiger partial charge in [0.2, 0.25) is 0 Å². The Hall–Kier alpha value is -2.41. The van der Waals surface area contributed by atoms with Gasteiger partial charge in [-0.2, -0.15) is 0 Å². The van der Waals surface area contributed by atoms with Gasteiger partial charge in [-0.25, -0.2) is 0 Å². The molecule has 2 rings (SSSR count). The Morgan fingerprint density at radius 1 is 1.37 bits per heavy atom. The molecule has 0 aliphatic carbocycles. The number of nitrogens with one attached hydrogen (secondary N) is 1. The number of phenolic OH excluding ortho intramolecular Hbond substituents is 1. The van der Waals surface area contributed by atoms with Crippen LogP contribution in [0.4, 0.5) is 11.4 Å². The summed E-state index contributed by atoms with van der Waals surface area (Å²) in [5.74, 6) is -0.821. The molecular formula is C12H10N2O4S. The third-order valence-electron chi connectivity index (χ3n) is 2.42. The average molecular weight is 278 g/mol. The lowest BCUT2D eigenvalue weighted by atomic mass is 10.2. The summed E-state index contributed by atoms with van der Waals surface area (Å²) in [5.41, 5.74) is -0.537. The van der Waals surface area contributed by atoms with Crippen LogP contribution >= 0.6 is 11.3 Å². The maximum atomic E-state index is 11.9. The second-order valence-electron chi connectivity index (χ2n) is 3.79. The number of nitro benzene ring substituents is 1. The molecule has 98 valence electrons. The third-order valence-corrected chi connectivity index (χ3v) is 3.42. The molecule has 0 fully saturated rings. The van der Waals surface area contributed by atoms with Crippen molar-refractivity contribution in [2.45, 2.75) is 6.92 Å². The van der Waals surface area contributed by atoms with Crippen molar-refractivity contribution in [3.63, 3.8) is 0 Å². The molecule has 1 amide bonds. The average Bonchev–Trinajstić information content (AvgIpc) is 2.78. The van der Waals surface area contributed by atoms with Crippen molar-refractivity contribution < 1.29 is 14.8 Å². The van der Waals surface area contributed by atoms with Crippen molar-refractivity contribution in [3.05, 3.63) is 50.2 Å². The van der Waals surface area contributed by atoms with Gasteiger partial charge >= 0.3 is 0 Å². The summed E-state index contributed by atoms with van der Waals surface area (Å²) in [6.45, 7) is 1.85. The highest BCUT2D eigenvalue weighted by molar-refractivity contribution is 7.14. The first-order valence-electron chi connectivity index (χ1n) is 5.33. The molecule has 2 N–H and O–H groups in total. The van der Waals surface area contributed by atoms with Gasteiger partial charge < -0.3 is 10.4 Å². The molecule has 0 spiro atoms. The van der Waals surface area contributed by atoms with Gasteiger partial charge in [-0.15, -0.1) is 11.3 Å². The number of para-hydroxylation sites is 1. The van der Waals surface area contributed by atoms with E-state index in [1.165, 1.54) is 29.5 Å². The van der Waals surface area contributed by atoms with Crippen molar-refractivity contribution in [1.82, 2.24) is 0 Å². The number of amides is 1. The van der Waals surface area contributed by atoms with E-state index in [4.69, 9.17) is 0 Å². The predicted octanol–water partition coefficient (Wildman–Crippen LogP) is 2.92. The van der Waals surface area contributed by atoms with Crippen LogP contribution in [0.5, 0.6) is 5.75 Å². The van der Waals surface area contributed by atoms with Crippen molar-refractivity contribution in [3.8, 4) is 5.75 Å². The van der Waals surface area contributed by atoms with Gasteiger partial charge in [0.25, 0.3) is 11.6 Å². The lowest BCUT2D eigenvalue weighted by molar-refractivity contribution is -0.384. The first-order valence-corrected chi connectivity index (χ1v) is 6.15. The molecule has 6 nitrogen and oxygen atoms in total. The lowest BCUT2D eigenvalue weighted by Crippen LogP contribution is -2.11. The van der Waals surface area contributed by atoms with Crippen LogP contribution in [0.25, 0.3) is 0 Å². The van der Waals surface area contributed by atoms with Crippen LogP contribution in [0.1, 0.15) is 14.5 Å². The Morgan fingerprint density at radius 2 is 2.11 bits per heavy atom. The van der Waals surface area contributed by atoms with E-state index in [-0.39, 0.29) is 17.1 Å². The molecule has 0 unspecified atom stereocenters. The zero-order chi connectivity index (χ0) is 14.0. The van der Waals surface area contributed by atoms with E-state index in [9.17, 15) is 20.0 Å². The maximum absolute atomic E-state index is 11.9. The highest BCUT2D eigenvalue weighted by atomic mass is 32.1. The quantitative estimate of drug-likeness (QED) is 0.513. The van der Waals surface area contributed by atoms with Crippen LogP contribution in [-0.2, 0) is 0 Å². The number of anilines is 1. The van der Waals surface area contributed by atoms with Crippen molar-refractivity contribution in [1.29, 1.82) is 0 Å². The van der Waals surface area contributed by atoms with Crippen LogP contribution < -0.4 is 5.32 Å². The van der Waals surface area contributed by atoms with E-state index in [1.807, 2.05) is 6.92 Å². The lowest BCUT2D eigenvalue weighted by Gasteiger charge is -2.06. The Bertz CT molecular complexity index is 651. The zero-order valence-electron chi connectivity index (χ0n) is 9.91. The molecule has 1 aromatic carbocycles. The monoisotopic (exact) mass is 278 g/mol. The summed E-state index contributed by atoms with van der Waals surface area (Å²) >= 11 is 1.27. The van der Waals surface area contributed by atoms with Crippen molar-refractivity contribution >= 4 is 28.6 Å². The topological polar surface area (TPSA) is 92.5 Å². The molecule has 7 heteroatoms. The normalized spacial score (nSPS) is 10.2. The van der Waals surface area contributed by atoms with E-state index in [0.29, 0.717) is 4.88 Å². The van der Waals surface area contributed by atoms with Gasteiger partial charge in [0.15, 0.2) is 5.69 Å². The van der Waals surface area contributed by atoms with Crippen LogP contribution in [0.15, 0.2) is 30.3 Å². The molecule has 0 saturated carbocycles. The molecule has 0 aliphatic rings. The van der Waals surface area contributed by atoms with Crippen LogP contribution in [0.3, 0.4) is 0 Å². The first kappa shape index (κ1) is 13.0. The molecule has 1 heterocycles. The summed E-state index contributed by atoms with van der Waals surface area (Å²) in [6.07, 6.45) is 0. The summed E-state index contributed by atoms with van der Waals surface area (Å²) in [5, 5.41) is 22.8. The number of benzene rings is 1. The number of hydrogen-bond acceptors (Lipinski definition) is 5. The predicted molar refractivity (Wildman–Crippen MR) is 71.8 cm³/mol. The second-order valence-corrected chi connectivity index (χ2v) is 5.08. The van der Waals surface area contributed by atoms with Crippen LogP contribution in [0, 0.1) is 17.0 Å². The molecule has 0 saturated heterocycles. The molecule has 0 atom stereocenters. The van der Waals surface area contributed by atoms with Gasteiger partial charge in [0.1, 0.15) is 5.75 Å². The van der Waals surface area contributed by atoms with Gasteiger partial charge in [-0.3, -0.25) is 14.9 Å². The number of carbonyl (C=O) groups is 1. The number of rotatable bonds is 3. The summed E-state index contributed by atoms with van der Waals surface area (Å²) in [6, 6.07) is 7.25. The van der Waals surface area contributed by atoms with Gasteiger partial charge in [-0.1, -0.05) is 6.07 Å². The van der Waals surface area contributed by atoms with Gasteiger partial charge in [-0.05, 0) is 25.1 Å². The molecule has 19 heavy (non-hydrogen) atoms. The second kappa shape index (κ2) is 5.07. The van der Waals surface area contributed by atoms with E-state index in [0.717, 1.165) is 4.88 Å². The number of nitrogens with zero attached hydrogens (tertiary/aromatic N) is 1. The third kappa shape index (κ3) is 2.71. The van der Waals surface area contributed by atoms with Crippen LogP contribution in [-0.4, -0.2) is 15.9 Å². The number of aryl methyl sites for hydroxylation is 1. The van der Waals surface area contributed by atoms with Crippen molar-refractivity contribution in [2.75, 3.05) is 5.32 Å². The minimum Gasteiger partial charge on any atom is -0.505 e.